The SMILES string of the molecule is CCCCCCCCCCNC(=O)C#CCl. The lowest BCUT2D eigenvalue weighted by Crippen LogP contribution is -2.22. The molecular formula is C13H22ClNO. The van der Waals surface area contributed by atoms with Gasteiger partial charge in [-0.05, 0) is 18.0 Å². The molecule has 0 saturated heterocycles. The van der Waals surface area contributed by atoms with E-state index in [1.807, 2.05) is 0 Å². The van der Waals surface area contributed by atoms with Gasteiger partial charge in [0.2, 0.25) is 0 Å². The highest BCUT2D eigenvalue weighted by Gasteiger charge is 1.94. The summed E-state index contributed by atoms with van der Waals surface area (Å²) in [5.74, 6) is 1.96. The van der Waals surface area contributed by atoms with Crippen LogP contribution in [0.15, 0.2) is 0 Å². The van der Waals surface area contributed by atoms with Crippen LogP contribution in [0.3, 0.4) is 0 Å². The van der Waals surface area contributed by atoms with E-state index in [0.717, 1.165) is 6.42 Å². The van der Waals surface area contributed by atoms with Crippen molar-refractivity contribution in [2.24, 2.45) is 0 Å². The summed E-state index contributed by atoms with van der Waals surface area (Å²) in [6.45, 7) is 2.94. The molecule has 3 heteroatoms. The summed E-state index contributed by atoms with van der Waals surface area (Å²) in [7, 11) is 0. The van der Waals surface area contributed by atoms with E-state index in [4.69, 9.17) is 11.6 Å². The van der Waals surface area contributed by atoms with Crippen LogP contribution in [0.5, 0.6) is 0 Å². The maximum Gasteiger partial charge on any atom is 0.297 e. The summed E-state index contributed by atoms with van der Waals surface area (Å²) in [5.41, 5.74) is 0. The molecule has 0 spiro atoms. The third kappa shape index (κ3) is 11.4. The lowest BCUT2D eigenvalue weighted by Gasteiger charge is -2.02. The van der Waals surface area contributed by atoms with E-state index in [1.54, 1.807) is 0 Å². The Labute approximate surface area is 104 Å². The van der Waals surface area contributed by atoms with Crippen LogP contribution in [-0.2, 0) is 4.79 Å². The van der Waals surface area contributed by atoms with Crippen LogP contribution >= 0.6 is 11.6 Å². The van der Waals surface area contributed by atoms with Crippen LogP contribution in [0, 0.1) is 11.3 Å². The monoisotopic (exact) mass is 243 g/mol. The molecule has 0 aromatic carbocycles. The summed E-state index contributed by atoms with van der Waals surface area (Å²) in [4.78, 5) is 10.9. The van der Waals surface area contributed by atoms with E-state index in [2.05, 4.69) is 23.5 Å². The Morgan fingerprint density at radius 3 is 2.19 bits per heavy atom. The minimum Gasteiger partial charge on any atom is -0.345 e. The molecule has 0 aliphatic rings. The van der Waals surface area contributed by atoms with Crippen LogP contribution in [0.1, 0.15) is 58.3 Å². The fourth-order valence-corrected chi connectivity index (χ4v) is 1.63. The van der Waals surface area contributed by atoms with Crippen LogP contribution in [-0.4, -0.2) is 12.5 Å². The first-order valence-corrected chi connectivity index (χ1v) is 6.58. The number of rotatable bonds is 9. The highest BCUT2D eigenvalue weighted by Crippen LogP contribution is 2.07. The first-order valence-electron chi connectivity index (χ1n) is 6.20. The molecular weight excluding hydrogens is 222 g/mol. The van der Waals surface area contributed by atoms with Gasteiger partial charge in [-0.1, -0.05) is 51.9 Å². The molecule has 1 amide bonds. The van der Waals surface area contributed by atoms with E-state index < -0.39 is 0 Å². The average Bonchev–Trinajstić information content (AvgIpc) is 2.27. The van der Waals surface area contributed by atoms with Crippen molar-refractivity contribution in [1.82, 2.24) is 5.32 Å². The van der Waals surface area contributed by atoms with Gasteiger partial charge in [-0.2, -0.15) is 0 Å². The Kier molecular flexibility index (Phi) is 11.9. The van der Waals surface area contributed by atoms with E-state index in [9.17, 15) is 4.79 Å². The number of amides is 1. The molecule has 0 atom stereocenters. The van der Waals surface area contributed by atoms with Gasteiger partial charge in [-0.3, -0.25) is 4.79 Å². The zero-order chi connectivity index (χ0) is 12.1. The third-order valence-electron chi connectivity index (χ3n) is 2.48. The number of nitrogens with one attached hydrogen (secondary N) is 1. The van der Waals surface area contributed by atoms with Gasteiger partial charge >= 0.3 is 0 Å². The lowest BCUT2D eigenvalue weighted by molar-refractivity contribution is -0.115. The second-order valence-electron chi connectivity index (χ2n) is 3.95. The Hall–Kier alpha value is -0.680. The van der Waals surface area contributed by atoms with E-state index >= 15 is 0 Å². The summed E-state index contributed by atoms with van der Waals surface area (Å²) in [6.07, 6.45) is 10.2. The van der Waals surface area contributed by atoms with Crippen LogP contribution < -0.4 is 5.32 Å². The van der Waals surface area contributed by atoms with Crippen molar-refractivity contribution in [3.63, 3.8) is 0 Å². The average molecular weight is 244 g/mol. The molecule has 0 aliphatic carbocycles. The number of carbonyl (C=O) groups excluding carboxylic acids is 1. The van der Waals surface area contributed by atoms with Crippen molar-refractivity contribution >= 4 is 17.5 Å². The molecule has 0 aromatic rings. The Balaban J connectivity index is 3.09. The van der Waals surface area contributed by atoms with Gasteiger partial charge in [0.25, 0.3) is 5.91 Å². The maximum absolute atomic E-state index is 10.9. The third-order valence-corrected chi connectivity index (χ3v) is 2.57. The maximum atomic E-state index is 10.9. The molecule has 0 bridgehead atoms. The van der Waals surface area contributed by atoms with Crippen molar-refractivity contribution < 1.29 is 4.79 Å². The molecule has 92 valence electrons. The highest BCUT2D eigenvalue weighted by atomic mass is 35.5. The van der Waals surface area contributed by atoms with Gasteiger partial charge in [0, 0.05) is 17.8 Å². The first-order chi connectivity index (χ1) is 7.81. The highest BCUT2D eigenvalue weighted by molar-refractivity contribution is 6.31. The van der Waals surface area contributed by atoms with Crippen LogP contribution in [0.25, 0.3) is 0 Å². The number of halogens is 1. The zero-order valence-electron chi connectivity index (χ0n) is 10.2. The van der Waals surface area contributed by atoms with Gasteiger partial charge in [0.15, 0.2) is 0 Å². The minimum absolute atomic E-state index is 0.280. The standard InChI is InChI=1S/C13H22ClNO/c1-2-3-4-5-6-7-8-9-12-15-13(16)10-11-14/h2-9,12H2,1H3,(H,15,16). The van der Waals surface area contributed by atoms with Crippen molar-refractivity contribution in [3.05, 3.63) is 0 Å². The Morgan fingerprint density at radius 1 is 1.06 bits per heavy atom. The first kappa shape index (κ1) is 15.3. The van der Waals surface area contributed by atoms with Gasteiger partial charge < -0.3 is 5.32 Å². The van der Waals surface area contributed by atoms with Crippen LogP contribution in [0.2, 0.25) is 0 Å². The predicted molar refractivity (Wildman–Crippen MR) is 69.2 cm³/mol. The molecule has 0 heterocycles. The van der Waals surface area contributed by atoms with E-state index in [-0.39, 0.29) is 5.91 Å². The number of hydrogen-bond donors (Lipinski definition) is 1. The van der Waals surface area contributed by atoms with Gasteiger partial charge in [-0.25, -0.2) is 0 Å². The number of hydrogen-bond acceptors (Lipinski definition) is 1. The molecule has 2 nitrogen and oxygen atoms in total. The summed E-state index contributed by atoms with van der Waals surface area (Å²) < 4.78 is 0. The van der Waals surface area contributed by atoms with Gasteiger partial charge in [-0.15, -0.1) is 0 Å². The Bertz CT molecular complexity index is 230. The Morgan fingerprint density at radius 2 is 1.62 bits per heavy atom. The van der Waals surface area contributed by atoms with Crippen molar-refractivity contribution in [2.75, 3.05) is 6.54 Å². The smallest absolute Gasteiger partial charge is 0.297 e. The fourth-order valence-electron chi connectivity index (χ4n) is 1.55. The van der Waals surface area contributed by atoms with E-state index in [0.29, 0.717) is 6.54 Å². The van der Waals surface area contributed by atoms with Gasteiger partial charge in [0.1, 0.15) is 0 Å². The van der Waals surface area contributed by atoms with Crippen molar-refractivity contribution in [1.29, 1.82) is 0 Å². The summed E-state index contributed by atoms with van der Waals surface area (Å²) >= 11 is 5.10. The molecule has 0 aromatic heterocycles. The zero-order valence-corrected chi connectivity index (χ0v) is 10.9. The van der Waals surface area contributed by atoms with Gasteiger partial charge in [0.05, 0.1) is 0 Å². The quantitative estimate of drug-likeness (QED) is 0.488. The number of carbonyl (C=O) groups is 1. The van der Waals surface area contributed by atoms with Crippen LogP contribution in [0.4, 0.5) is 0 Å². The topological polar surface area (TPSA) is 29.1 Å². The van der Waals surface area contributed by atoms with Crippen molar-refractivity contribution in [3.8, 4) is 11.3 Å². The lowest BCUT2D eigenvalue weighted by atomic mass is 10.1. The molecule has 1 N–H and O–H groups in total. The normalized spacial score (nSPS) is 9.38. The second-order valence-corrected chi connectivity index (χ2v) is 4.14. The molecule has 0 radical (unpaired) electrons. The summed E-state index contributed by atoms with van der Waals surface area (Å²) in [5, 5.41) is 4.76. The molecule has 0 aliphatic heterocycles. The molecule has 0 saturated carbocycles. The molecule has 0 fully saturated rings. The van der Waals surface area contributed by atoms with Crippen molar-refractivity contribution in [2.45, 2.75) is 58.3 Å². The summed E-state index contributed by atoms with van der Waals surface area (Å²) in [6, 6.07) is 0. The van der Waals surface area contributed by atoms with E-state index in [1.165, 1.54) is 44.9 Å². The minimum atomic E-state index is -0.280. The second kappa shape index (κ2) is 12.4. The molecule has 0 rings (SSSR count). The number of unbranched alkanes of at least 4 members (excludes halogenated alkanes) is 7. The molecule has 0 unspecified atom stereocenters. The predicted octanol–water partition coefficient (Wildman–Crippen LogP) is 3.44. The largest absolute Gasteiger partial charge is 0.345 e. The molecule has 16 heavy (non-hydrogen) atoms. The fraction of sp³-hybridized carbons (Fsp3) is 0.769.